The number of amides is 1. The Morgan fingerprint density at radius 3 is 2.71 bits per heavy atom. The summed E-state index contributed by atoms with van der Waals surface area (Å²) in [4.78, 5) is 11.8. The van der Waals surface area contributed by atoms with Crippen LogP contribution in [0.1, 0.15) is 30.6 Å². The van der Waals surface area contributed by atoms with Crippen LogP contribution in [0.4, 0.5) is 4.39 Å². The van der Waals surface area contributed by atoms with Crippen LogP contribution in [0.3, 0.4) is 0 Å². The average molecular weight is 323 g/mol. The fraction of sp³-hybridized carbons (Fsp3) is 0.417. The molecule has 0 bridgehead atoms. The Hall–Kier alpha value is -0.610. The quantitative estimate of drug-likeness (QED) is 0.841. The molecule has 0 saturated carbocycles. The second-order valence-electron chi connectivity index (χ2n) is 4.02. The molecule has 17 heavy (non-hydrogen) atoms. The average Bonchev–Trinajstić information content (AvgIpc) is 2.20. The molecule has 0 aliphatic heterocycles. The van der Waals surface area contributed by atoms with Crippen LogP contribution in [0.15, 0.2) is 22.7 Å². The molecule has 0 saturated heterocycles. The Morgan fingerprint density at radius 1 is 1.53 bits per heavy atom. The SMILES string of the molecule is CC(Cl)CC(C)NC(=O)c1ccc(F)c(Br)c1. The van der Waals surface area contributed by atoms with E-state index in [9.17, 15) is 9.18 Å². The third kappa shape index (κ3) is 4.64. The maximum atomic E-state index is 13.0. The number of hydrogen-bond donors (Lipinski definition) is 1. The van der Waals surface area contributed by atoms with Gasteiger partial charge in [0.1, 0.15) is 5.82 Å². The second-order valence-corrected chi connectivity index (χ2v) is 5.62. The van der Waals surface area contributed by atoms with E-state index in [0.29, 0.717) is 12.0 Å². The predicted molar refractivity (Wildman–Crippen MR) is 71.0 cm³/mol. The van der Waals surface area contributed by atoms with Gasteiger partial charge >= 0.3 is 0 Å². The van der Waals surface area contributed by atoms with Gasteiger partial charge in [0, 0.05) is 17.0 Å². The number of alkyl halides is 1. The van der Waals surface area contributed by atoms with Crippen molar-refractivity contribution in [3.8, 4) is 0 Å². The molecule has 94 valence electrons. The molecule has 2 unspecified atom stereocenters. The molecule has 2 atom stereocenters. The van der Waals surface area contributed by atoms with Crippen molar-refractivity contribution in [2.75, 3.05) is 0 Å². The Bertz CT molecular complexity index is 411. The molecule has 1 aromatic rings. The summed E-state index contributed by atoms with van der Waals surface area (Å²) in [6, 6.07) is 4.15. The van der Waals surface area contributed by atoms with Crippen LogP contribution < -0.4 is 5.32 Å². The highest BCUT2D eigenvalue weighted by atomic mass is 79.9. The predicted octanol–water partition coefficient (Wildman–Crippen LogP) is 3.72. The van der Waals surface area contributed by atoms with Gasteiger partial charge in [-0.1, -0.05) is 0 Å². The summed E-state index contributed by atoms with van der Waals surface area (Å²) < 4.78 is 13.3. The smallest absolute Gasteiger partial charge is 0.251 e. The largest absolute Gasteiger partial charge is 0.350 e. The van der Waals surface area contributed by atoms with E-state index in [2.05, 4.69) is 21.2 Å². The minimum atomic E-state index is -0.385. The molecule has 1 N–H and O–H groups in total. The Labute approximate surface area is 114 Å². The van der Waals surface area contributed by atoms with Gasteiger partial charge in [-0.15, -0.1) is 11.6 Å². The molecule has 0 spiro atoms. The highest BCUT2D eigenvalue weighted by Gasteiger charge is 2.12. The van der Waals surface area contributed by atoms with Crippen molar-refractivity contribution in [3.05, 3.63) is 34.1 Å². The minimum Gasteiger partial charge on any atom is -0.350 e. The van der Waals surface area contributed by atoms with E-state index in [0.717, 1.165) is 0 Å². The van der Waals surface area contributed by atoms with Crippen LogP contribution in [0.25, 0.3) is 0 Å². The van der Waals surface area contributed by atoms with E-state index in [1.165, 1.54) is 18.2 Å². The molecule has 0 radical (unpaired) electrons. The summed E-state index contributed by atoms with van der Waals surface area (Å²) in [5.74, 6) is -0.612. The third-order valence-electron chi connectivity index (χ3n) is 2.24. The lowest BCUT2D eigenvalue weighted by Gasteiger charge is -2.15. The van der Waals surface area contributed by atoms with Crippen molar-refractivity contribution in [1.82, 2.24) is 5.32 Å². The van der Waals surface area contributed by atoms with Gasteiger partial charge in [-0.05, 0) is 54.4 Å². The molecule has 0 aliphatic rings. The lowest BCUT2D eigenvalue weighted by molar-refractivity contribution is 0.0938. The topological polar surface area (TPSA) is 29.1 Å². The summed E-state index contributed by atoms with van der Waals surface area (Å²) in [6.45, 7) is 3.76. The Morgan fingerprint density at radius 2 is 2.18 bits per heavy atom. The van der Waals surface area contributed by atoms with E-state index in [1.807, 2.05) is 13.8 Å². The van der Waals surface area contributed by atoms with Crippen molar-refractivity contribution in [2.24, 2.45) is 0 Å². The number of carbonyl (C=O) groups excluding carboxylic acids is 1. The lowest BCUT2D eigenvalue weighted by atomic mass is 10.1. The molecule has 1 rings (SSSR count). The molecule has 0 fully saturated rings. The monoisotopic (exact) mass is 321 g/mol. The van der Waals surface area contributed by atoms with E-state index in [1.54, 1.807) is 0 Å². The first kappa shape index (κ1) is 14.5. The minimum absolute atomic E-state index is 0.00486. The zero-order chi connectivity index (χ0) is 13.0. The van der Waals surface area contributed by atoms with Gasteiger partial charge < -0.3 is 5.32 Å². The molecule has 1 amide bonds. The van der Waals surface area contributed by atoms with Gasteiger partial charge in [0.2, 0.25) is 0 Å². The van der Waals surface area contributed by atoms with Crippen molar-refractivity contribution in [1.29, 1.82) is 0 Å². The molecular weight excluding hydrogens is 308 g/mol. The first-order valence-corrected chi connectivity index (χ1v) is 6.53. The molecule has 0 aliphatic carbocycles. The van der Waals surface area contributed by atoms with Gasteiger partial charge in [0.15, 0.2) is 0 Å². The first-order chi connectivity index (χ1) is 7.90. The summed E-state index contributed by atoms with van der Waals surface area (Å²) in [5.41, 5.74) is 0.423. The Balaban J connectivity index is 2.66. The van der Waals surface area contributed by atoms with Gasteiger partial charge in [0.05, 0.1) is 4.47 Å². The highest BCUT2D eigenvalue weighted by molar-refractivity contribution is 9.10. The molecule has 5 heteroatoms. The number of benzene rings is 1. The molecular formula is C12H14BrClFNO. The van der Waals surface area contributed by atoms with Crippen LogP contribution >= 0.6 is 27.5 Å². The Kier molecular flexibility index (Phi) is 5.40. The molecule has 0 aromatic heterocycles. The summed E-state index contributed by atoms with van der Waals surface area (Å²) in [6.07, 6.45) is 0.690. The zero-order valence-corrected chi connectivity index (χ0v) is 12.0. The maximum absolute atomic E-state index is 13.0. The van der Waals surface area contributed by atoms with Gasteiger partial charge in [-0.3, -0.25) is 4.79 Å². The van der Waals surface area contributed by atoms with Crippen molar-refractivity contribution < 1.29 is 9.18 Å². The summed E-state index contributed by atoms with van der Waals surface area (Å²) in [5, 5.41) is 2.81. The normalized spacial score (nSPS) is 14.2. The highest BCUT2D eigenvalue weighted by Crippen LogP contribution is 2.17. The van der Waals surface area contributed by atoms with Gasteiger partial charge in [-0.25, -0.2) is 4.39 Å². The van der Waals surface area contributed by atoms with Crippen LogP contribution in [0, 0.1) is 5.82 Å². The fourth-order valence-corrected chi connectivity index (χ4v) is 2.14. The van der Waals surface area contributed by atoms with Crippen molar-refractivity contribution in [3.63, 3.8) is 0 Å². The van der Waals surface area contributed by atoms with E-state index in [-0.39, 0.29) is 27.6 Å². The number of halogens is 3. The number of carbonyl (C=O) groups is 1. The standard InChI is InChI=1S/C12H14BrClFNO/c1-7(14)5-8(2)16-12(17)9-3-4-11(15)10(13)6-9/h3-4,6-8H,5H2,1-2H3,(H,16,17). The van der Waals surface area contributed by atoms with Crippen LogP contribution in [-0.4, -0.2) is 17.3 Å². The summed E-state index contributed by atoms with van der Waals surface area (Å²) >= 11 is 8.88. The van der Waals surface area contributed by atoms with Gasteiger partial charge in [0.25, 0.3) is 5.91 Å². The molecule has 2 nitrogen and oxygen atoms in total. The van der Waals surface area contributed by atoms with E-state index >= 15 is 0 Å². The molecule has 1 aromatic carbocycles. The molecule has 0 heterocycles. The van der Waals surface area contributed by atoms with Crippen LogP contribution in [-0.2, 0) is 0 Å². The van der Waals surface area contributed by atoms with E-state index in [4.69, 9.17) is 11.6 Å². The first-order valence-electron chi connectivity index (χ1n) is 5.30. The zero-order valence-electron chi connectivity index (χ0n) is 9.64. The number of rotatable bonds is 4. The van der Waals surface area contributed by atoms with Crippen LogP contribution in [0.2, 0.25) is 0 Å². The second kappa shape index (κ2) is 6.36. The number of nitrogens with one attached hydrogen (secondary N) is 1. The van der Waals surface area contributed by atoms with Crippen molar-refractivity contribution in [2.45, 2.75) is 31.7 Å². The third-order valence-corrected chi connectivity index (χ3v) is 3.02. The van der Waals surface area contributed by atoms with Gasteiger partial charge in [-0.2, -0.15) is 0 Å². The van der Waals surface area contributed by atoms with Crippen molar-refractivity contribution >= 4 is 33.4 Å². The number of hydrogen-bond acceptors (Lipinski definition) is 1. The maximum Gasteiger partial charge on any atom is 0.251 e. The fourth-order valence-electron chi connectivity index (χ4n) is 1.49. The van der Waals surface area contributed by atoms with Crippen LogP contribution in [0.5, 0.6) is 0 Å². The van der Waals surface area contributed by atoms with E-state index < -0.39 is 0 Å². The lowest BCUT2D eigenvalue weighted by Crippen LogP contribution is -2.33. The summed E-state index contributed by atoms with van der Waals surface area (Å²) in [7, 11) is 0.